The topological polar surface area (TPSA) is 75.4 Å². The molecule has 1 aliphatic heterocycles. The lowest BCUT2D eigenvalue weighted by Crippen LogP contribution is -2.37. The molecule has 0 saturated carbocycles. The van der Waals surface area contributed by atoms with E-state index in [-0.39, 0.29) is 18.2 Å². The van der Waals surface area contributed by atoms with Crippen LogP contribution in [0.15, 0.2) is 48.5 Å². The van der Waals surface area contributed by atoms with Crippen LogP contribution in [-0.2, 0) is 22.6 Å². The Morgan fingerprint density at radius 1 is 1.08 bits per heavy atom. The second-order valence-electron chi connectivity index (χ2n) is 5.87. The molecule has 2 aromatic carbocycles. The predicted octanol–water partition coefficient (Wildman–Crippen LogP) is 2.45. The maximum atomic E-state index is 12.2. The minimum atomic E-state index is -0.105. The minimum Gasteiger partial charge on any atom is -0.326 e. The van der Waals surface area contributed by atoms with Crippen LogP contribution < -0.4 is 16.0 Å². The van der Waals surface area contributed by atoms with Crippen molar-refractivity contribution in [3.8, 4) is 0 Å². The Kier molecular flexibility index (Phi) is 4.91. The molecule has 2 aromatic rings. The Balaban J connectivity index is 1.60. The van der Waals surface area contributed by atoms with Crippen molar-refractivity contribution in [1.82, 2.24) is 0 Å². The van der Waals surface area contributed by atoms with E-state index in [4.69, 9.17) is 5.73 Å². The summed E-state index contributed by atoms with van der Waals surface area (Å²) < 4.78 is 0. The normalized spacial score (nSPS) is 13.5. The van der Waals surface area contributed by atoms with Gasteiger partial charge >= 0.3 is 0 Å². The molecule has 0 unspecified atom stereocenters. The summed E-state index contributed by atoms with van der Waals surface area (Å²) in [6.45, 7) is 0.868. The number of nitrogens with two attached hydrogens (primary N) is 1. The van der Waals surface area contributed by atoms with Gasteiger partial charge in [-0.3, -0.25) is 9.59 Å². The highest BCUT2D eigenvalue weighted by molar-refractivity contribution is 5.98. The standard InChI is InChI=1S/C19H21N3O2/c20-13-14-5-8-16(9-6-14)21-18(23)11-12-22-17-4-2-1-3-15(17)7-10-19(22)24/h1-6,8-9H,7,10-13,20H2,(H,21,23). The molecule has 2 amide bonds. The van der Waals surface area contributed by atoms with E-state index < -0.39 is 0 Å². The molecule has 0 bridgehead atoms. The summed E-state index contributed by atoms with van der Waals surface area (Å²) in [6, 6.07) is 15.3. The van der Waals surface area contributed by atoms with Crippen molar-refractivity contribution < 1.29 is 9.59 Å². The number of nitrogens with zero attached hydrogens (tertiary/aromatic N) is 1. The minimum absolute atomic E-state index is 0.0776. The summed E-state index contributed by atoms with van der Waals surface area (Å²) >= 11 is 0. The SMILES string of the molecule is NCc1ccc(NC(=O)CCN2C(=O)CCc3ccccc32)cc1. The number of aryl methyl sites for hydroxylation is 1. The van der Waals surface area contributed by atoms with Gasteiger partial charge < -0.3 is 16.0 Å². The van der Waals surface area contributed by atoms with Crippen LogP contribution in [0.4, 0.5) is 11.4 Å². The van der Waals surface area contributed by atoms with Crippen LogP contribution in [0.3, 0.4) is 0 Å². The maximum absolute atomic E-state index is 12.2. The molecular formula is C19H21N3O2. The van der Waals surface area contributed by atoms with Crippen molar-refractivity contribution in [1.29, 1.82) is 0 Å². The number of rotatable bonds is 5. The van der Waals surface area contributed by atoms with Gasteiger partial charge in [0.15, 0.2) is 0 Å². The molecule has 0 atom stereocenters. The van der Waals surface area contributed by atoms with Gasteiger partial charge in [0, 0.05) is 37.3 Å². The van der Waals surface area contributed by atoms with Crippen molar-refractivity contribution in [3.63, 3.8) is 0 Å². The monoisotopic (exact) mass is 323 g/mol. The zero-order valence-corrected chi connectivity index (χ0v) is 13.5. The Bertz CT molecular complexity index is 741. The molecule has 1 heterocycles. The first-order chi connectivity index (χ1) is 11.7. The largest absolute Gasteiger partial charge is 0.326 e. The average Bonchev–Trinajstić information content (AvgIpc) is 2.61. The molecular weight excluding hydrogens is 302 g/mol. The van der Waals surface area contributed by atoms with E-state index in [0.29, 0.717) is 19.5 Å². The fraction of sp³-hybridized carbons (Fsp3) is 0.263. The van der Waals surface area contributed by atoms with E-state index in [9.17, 15) is 9.59 Å². The van der Waals surface area contributed by atoms with Crippen molar-refractivity contribution in [3.05, 3.63) is 59.7 Å². The molecule has 0 spiro atoms. The number of hydrogen-bond donors (Lipinski definition) is 2. The van der Waals surface area contributed by atoms with Gasteiger partial charge in [0.1, 0.15) is 0 Å². The quantitative estimate of drug-likeness (QED) is 0.887. The Hall–Kier alpha value is -2.66. The van der Waals surface area contributed by atoms with Gasteiger partial charge in [-0.1, -0.05) is 30.3 Å². The lowest BCUT2D eigenvalue weighted by Gasteiger charge is -2.29. The molecule has 0 fully saturated rings. The van der Waals surface area contributed by atoms with Crippen LogP contribution >= 0.6 is 0 Å². The van der Waals surface area contributed by atoms with E-state index in [0.717, 1.165) is 28.9 Å². The van der Waals surface area contributed by atoms with E-state index in [1.54, 1.807) is 4.90 Å². The number of benzene rings is 2. The molecule has 5 heteroatoms. The van der Waals surface area contributed by atoms with Crippen LogP contribution in [0.1, 0.15) is 24.0 Å². The van der Waals surface area contributed by atoms with Gasteiger partial charge in [-0.25, -0.2) is 0 Å². The number of anilines is 2. The van der Waals surface area contributed by atoms with Crippen molar-refractivity contribution in [2.75, 3.05) is 16.8 Å². The number of carbonyl (C=O) groups excluding carboxylic acids is 2. The van der Waals surface area contributed by atoms with Crippen LogP contribution in [-0.4, -0.2) is 18.4 Å². The molecule has 124 valence electrons. The lowest BCUT2D eigenvalue weighted by atomic mass is 10.0. The van der Waals surface area contributed by atoms with Crippen LogP contribution in [0.5, 0.6) is 0 Å². The number of nitrogens with one attached hydrogen (secondary N) is 1. The van der Waals surface area contributed by atoms with Gasteiger partial charge in [0.25, 0.3) is 0 Å². The molecule has 0 saturated heterocycles. The fourth-order valence-corrected chi connectivity index (χ4v) is 2.90. The highest BCUT2D eigenvalue weighted by Crippen LogP contribution is 2.27. The van der Waals surface area contributed by atoms with E-state index in [2.05, 4.69) is 5.32 Å². The van der Waals surface area contributed by atoms with E-state index >= 15 is 0 Å². The highest BCUT2D eigenvalue weighted by atomic mass is 16.2. The summed E-state index contributed by atoms with van der Waals surface area (Å²) in [5.41, 5.74) is 9.40. The molecule has 5 nitrogen and oxygen atoms in total. The second kappa shape index (κ2) is 7.27. The fourth-order valence-electron chi connectivity index (χ4n) is 2.90. The number of amides is 2. The van der Waals surface area contributed by atoms with Crippen LogP contribution in [0.25, 0.3) is 0 Å². The molecule has 3 N–H and O–H groups in total. The first-order valence-electron chi connectivity index (χ1n) is 8.14. The third kappa shape index (κ3) is 3.63. The van der Waals surface area contributed by atoms with Gasteiger partial charge in [-0.05, 0) is 35.7 Å². The van der Waals surface area contributed by atoms with Crippen molar-refractivity contribution in [2.45, 2.75) is 25.8 Å². The summed E-state index contributed by atoms with van der Waals surface area (Å²) in [6.07, 6.45) is 1.53. The number of para-hydroxylation sites is 1. The van der Waals surface area contributed by atoms with Crippen LogP contribution in [0.2, 0.25) is 0 Å². The molecule has 24 heavy (non-hydrogen) atoms. The van der Waals surface area contributed by atoms with Gasteiger partial charge in [-0.15, -0.1) is 0 Å². The summed E-state index contributed by atoms with van der Waals surface area (Å²) in [5.74, 6) is -0.0276. The molecule has 3 rings (SSSR count). The predicted molar refractivity (Wildman–Crippen MR) is 94.7 cm³/mol. The molecule has 0 radical (unpaired) electrons. The molecule has 0 aliphatic carbocycles. The third-order valence-corrected chi connectivity index (χ3v) is 4.23. The summed E-state index contributed by atoms with van der Waals surface area (Å²) in [5, 5.41) is 2.85. The van der Waals surface area contributed by atoms with E-state index in [1.165, 1.54) is 0 Å². The van der Waals surface area contributed by atoms with E-state index in [1.807, 2.05) is 48.5 Å². The summed E-state index contributed by atoms with van der Waals surface area (Å²) in [7, 11) is 0. The van der Waals surface area contributed by atoms with Gasteiger partial charge in [-0.2, -0.15) is 0 Å². The average molecular weight is 323 g/mol. The van der Waals surface area contributed by atoms with Gasteiger partial charge in [0.05, 0.1) is 0 Å². The second-order valence-corrected chi connectivity index (χ2v) is 5.87. The zero-order valence-electron chi connectivity index (χ0n) is 13.5. The van der Waals surface area contributed by atoms with Crippen LogP contribution in [0, 0.1) is 0 Å². The van der Waals surface area contributed by atoms with Gasteiger partial charge in [0.2, 0.25) is 11.8 Å². The Morgan fingerprint density at radius 2 is 1.83 bits per heavy atom. The first kappa shape index (κ1) is 16.2. The maximum Gasteiger partial charge on any atom is 0.227 e. The number of fused-ring (bicyclic) bond motifs is 1. The molecule has 1 aliphatic rings. The zero-order chi connectivity index (χ0) is 16.9. The smallest absolute Gasteiger partial charge is 0.227 e. The third-order valence-electron chi connectivity index (χ3n) is 4.23. The van der Waals surface area contributed by atoms with Crippen molar-refractivity contribution >= 4 is 23.2 Å². The summed E-state index contributed by atoms with van der Waals surface area (Å²) in [4.78, 5) is 26.1. The first-order valence-corrected chi connectivity index (χ1v) is 8.14. The number of carbonyl (C=O) groups is 2. The molecule has 0 aromatic heterocycles. The number of hydrogen-bond acceptors (Lipinski definition) is 3. The van der Waals surface area contributed by atoms with Crippen molar-refractivity contribution in [2.24, 2.45) is 5.73 Å². The Morgan fingerprint density at radius 3 is 2.58 bits per heavy atom. The Labute approximate surface area is 141 Å². The highest BCUT2D eigenvalue weighted by Gasteiger charge is 2.23. The lowest BCUT2D eigenvalue weighted by molar-refractivity contribution is -0.119.